The molecule has 1 rings (SSSR count). The van der Waals surface area contributed by atoms with Crippen molar-refractivity contribution in [2.45, 2.75) is 45.8 Å². The molecule has 0 spiro atoms. The molecular weight excluding hydrogens is 304 g/mol. The van der Waals surface area contributed by atoms with E-state index in [0.29, 0.717) is 17.4 Å². The fourth-order valence-electron chi connectivity index (χ4n) is 2.07. The zero-order valence-corrected chi connectivity index (χ0v) is 14.4. The molecule has 124 valence electrons. The first-order chi connectivity index (χ1) is 10.5. The van der Waals surface area contributed by atoms with Gasteiger partial charge in [0.05, 0.1) is 0 Å². The second kappa shape index (κ2) is 9.82. The third-order valence-electron chi connectivity index (χ3n) is 3.53. The van der Waals surface area contributed by atoms with Crippen LogP contribution in [-0.4, -0.2) is 26.0 Å². The summed E-state index contributed by atoms with van der Waals surface area (Å²) in [6, 6.07) is 7.37. The maximum atomic E-state index is 12.0. The van der Waals surface area contributed by atoms with Crippen molar-refractivity contribution in [3.8, 4) is 0 Å². The quantitative estimate of drug-likeness (QED) is 0.499. The fourth-order valence-corrected chi connectivity index (χ4v) is 2.31. The zero-order chi connectivity index (χ0) is 16.5. The van der Waals surface area contributed by atoms with Gasteiger partial charge in [-0.1, -0.05) is 50.1 Å². The highest BCUT2D eigenvalue weighted by Gasteiger charge is 2.26. The Morgan fingerprint density at radius 2 is 1.95 bits per heavy atom. The maximum Gasteiger partial charge on any atom is 0.306 e. The van der Waals surface area contributed by atoms with Crippen LogP contribution in [0.5, 0.6) is 0 Å². The van der Waals surface area contributed by atoms with Crippen molar-refractivity contribution in [1.29, 1.82) is 0 Å². The minimum absolute atomic E-state index is 0.100. The average Bonchev–Trinajstić information content (AvgIpc) is 2.48. The van der Waals surface area contributed by atoms with Crippen LogP contribution in [0.25, 0.3) is 0 Å². The first-order valence-electron chi connectivity index (χ1n) is 7.54. The lowest BCUT2D eigenvalue weighted by Gasteiger charge is -2.25. The number of halogens is 1. The van der Waals surface area contributed by atoms with Gasteiger partial charge in [-0.3, -0.25) is 4.79 Å². The van der Waals surface area contributed by atoms with E-state index >= 15 is 0 Å². The predicted octanol–water partition coefficient (Wildman–Crippen LogP) is 4.37. The Hall–Kier alpha value is -1.10. The Balaban J connectivity index is 2.79. The molecule has 0 saturated heterocycles. The number of benzene rings is 1. The standard InChI is InChI=1S/C17H25ClO4/c1-5-12(2)10-16(19)22-13(3)17(21-11-20-4)14-8-6-7-9-15(14)18/h6-9,12-13,17H,5,10-11H2,1-4H3/t12?,13-,17+/m1/s1. The van der Waals surface area contributed by atoms with Gasteiger partial charge in [-0.15, -0.1) is 0 Å². The molecule has 0 aliphatic rings. The van der Waals surface area contributed by atoms with E-state index in [0.717, 1.165) is 12.0 Å². The molecule has 0 amide bonds. The van der Waals surface area contributed by atoms with E-state index in [1.54, 1.807) is 20.1 Å². The van der Waals surface area contributed by atoms with Gasteiger partial charge in [0.1, 0.15) is 19.0 Å². The molecule has 1 aromatic rings. The molecule has 0 fully saturated rings. The summed E-state index contributed by atoms with van der Waals surface area (Å²) in [7, 11) is 1.54. The highest BCUT2D eigenvalue weighted by molar-refractivity contribution is 6.31. The van der Waals surface area contributed by atoms with Crippen LogP contribution in [0.4, 0.5) is 0 Å². The van der Waals surface area contributed by atoms with Crippen LogP contribution < -0.4 is 0 Å². The zero-order valence-electron chi connectivity index (χ0n) is 13.7. The molecule has 1 aromatic carbocycles. The lowest BCUT2D eigenvalue weighted by Crippen LogP contribution is -2.26. The molecule has 0 heterocycles. The topological polar surface area (TPSA) is 44.8 Å². The molecule has 3 atom stereocenters. The van der Waals surface area contributed by atoms with E-state index in [-0.39, 0.29) is 12.8 Å². The van der Waals surface area contributed by atoms with Crippen LogP contribution >= 0.6 is 11.6 Å². The van der Waals surface area contributed by atoms with Crippen molar-refractivity contribution in [3.05, 3.63) is 34.9 Å². The van der Waals surface area contributed by atoms with Crippen molar-refractivity contribution in [1.82, 2.24) is 0 Å². The number of hydrogen-bond acceptors (Lipinski definition) is 4. The fraction of sp³-hybridized carbons (Fsp3) is 0.588. The summed E-state index contributed by atoms with van der Waals surface area (Å²) in [5, 5.41) is 0.577. The van der Waals surface area contributed by atoms with Gasteiger partial charge in [-0.25, -0.2) is 0 Å². The van der Waals surface area contributed by atoms with E-state index in [4.69, 9.17) is 25.8 Å². The van der Waals surface area contributed by atoms with E-state index in [2.05, 4.69) is 6.92 Å². The van der Waals surface area contributed by atoms with Gasteiger partial charge in [0.15, 0.2) is 0 Å². The minimum Gasteiger partial charge on any atom is -0.460 e. The molecule has 0 N–H and O–H groups in total. The second-order valence-electron chi connectivity index (χ2n) is 5.43. The van der Waals surface area contributed by atoms with Crippen molar-refractivity contribution in [2.24, 2.45) is 5.92 Å². The van der Waals surface area contributed by atoms with E-state index in [9.17, 15) is 4.79 Å². The molecule has 0 aliphatic carbocycles. The Bertz CT molecular complexity index is 464. The second-order valence-corrected chi connectivity index (χ2v) is 5.84. The molecule has 0 aromatic heterocycles. The number of ether oxygens (including phenoxy) is 3. The molecule has 0 saturated carbocycles. The number of carbonyl (C=O) groups is 1. The van der Waals surface area contributed by atoms with E-state index in [1.165, 1.54) is 0 Å². The normalized spacial score (nSPS) is 15.1. The molecule has 22 heavy (non-hydrogen) atoms. The van der Waals surface area contributed by atoms with Crippen molar-refractivity contribution in [3.63, 3.8) is 0 Å². The first kappa shape index (κ1) is 18.9. The molecule has 0 aliphatic heterocycles. The van der Waals surface area contributed by atoms with Crippen LogP contribution in [0, 0.1) is 5.92 Å². The summed E-state index contributed by atoms with van der Waals surface area (Å²) in [5.74, 6) is 0.0817. The van der Waals surface area contributed by atoms with Gasteiger partial charge in [0.2, 0.25) is 0 Å². The predicted molar refractivity (Wildman–Crippen MR) is 86.8 cm³/mol. The Morgan fingerprint density at radius 1 is 1.27 bits per heavy atom. The summed E-state index contributed by atoms with van der Waals surface area (Å²) >= 11 is 6.22. The number of carbonyl (C=O) groups excluding carboxylic acids is 1. The lowest BCUT2D eigenvalue weighted by molar-refractivity contribution is -0.165. The van der Waals surface area contributed by atoms with Crippen LogP contribution in [0.15, 0.2) is 24.3 Å². The van der Waals surface area contributed by atoms with E-state index < -0.39 is 12.2 Å². The molecule has 0 radical (unpaired) electrons. The minimum atomic E-state index is -0.463. The Kier molecular flexibility index (Phi) is 8.46. The maximum absolute atomic E-state index is 12.0. The van der Waals surface area contributed by atoms with Crippen molar-refractivity contribution in [2.75, 3.05) is 13.9 Å². The number of hydrogen-bond donors (Lipinski definition) is 0. The van der Waals surface area contributed by atoms with Gasteiger partial charge in [0.25, 0.3) is 0 Å². The summed E-state index contributed by atoms with van der Waals surface area (Å²) in [5.41, 5.74) is 0.782. The van der Waals surface area contributed by atoms with Gasteiger partial charge >= 0.3 is 5.97 Å². The van der Waals surface area contributed by atoms with Gasteiger partial charge in [-0.2, -0.15) is 0 Å². The smallest absolute Gasteiger partial charge is 0.306 e. The van der Waals surface area contributed by atoms with Crippen molar-refractivity contribution >= 4 is 17.6 Å². The largest absolute Gasteiger partial charge is 0.460 e. The van der Waals surface area contributed by atoms with Gasteiger partial charge in [-0.05, 0) is 18.9 Å². The summed E-state index contributed by atoms with van der Waals surface area (Å²) in [6.07, 6.45) is 0.430. The van der Waals surface area contributed by atoms with Crippen LogP contribution in [-0.2, 0) is 19.0 Å². The summed E-state index contributed by atoms with van der Waals surface area (Å²) in [4.78, 5) is 12.0. The molecule has 1 unspecified atom stereocenters. The van der Waals surface area contributed by atoms with Crippen LogP contribution in [0.2, 0.25) is 5.02 Å². The molecular formula is C17H25ClO4. The Morgan fingerprint density at radius 3 is 2.55 bits per heavy atom. The third-order valence-corrected chi connectivity index (χ3v) is 3.88. The number of rotatable bonds is 9. The van der Waals surface area contributed by atoms with Crippen LogP contribution in [0.1, 0.15) is 45.3 Å². The SMILES string of the molecule is CCC(C)CC(=O)O[C@H](C)[C@H](OCOC)c1ccccc1Cl. The van der Waals surface area contributed by atoms with E-state index in [1.807, 2.05) is 25.1 Å². The van der Waals surface area contributed by atoms with Gasteiger partial charge < -0.3 is 14.2 Å². The first-order valence-corrected chi connectivity index (χ1v) is 7.91. The third kappa shape index (κ3) is 5.95. The highest BCUT2D eigenvalue weighted by atomic mass is 35.5. The molecule has 4 nitrogen and oxygen atoms in total. The van der Waals surface area contributed by atoms with Gasteiger partial charge in [0, 0.05) is 24.1 Å². The van der Waals surface area contributed by atoms with Crippen molar-refractivity contribution < 1.29 is 19.0 Å². The summed E-state index contributed by atoms with van der Waals surface area (Å²) in [6.45, 7) is 5.98. The number of esters is 1. The number of methoxy groups -OCH3 is 1. The molecule has 5 heteroatoms. The average molecular weight is 329 g/mol. The lowest BCUT2D eigenvalue weighted by atomic mass is 10.0. The highest BCUT2D eigenvalue weighted by Crippen LogP contribution is 2.30. The molecule has 0 bridgehead atoms. The van der Waals surface area contributed by atoms with Crippen LogP contribution in [0.3, 0.4) is 0 Å². The Labute approximate surface area is 137 Å². The monoisotopic (exact) mass is 328 g/mol. The summed E-state index contributed by atoms with van der Waals surface area (Å²) < 4.78 is 16.1.